The number of nitrogens with one attached hydrogen (secondary N) is 2. The van der Waals surface area contributed by atoms with E-state index in [1.165, 1.54) is 49.0 Å². The van der Waals surface area contributed by atoms with E-state index in [1.807, 2.05) is 42.7 Å². The van der Waals surface area contributed by atoms with Gasteiger partial charge in [-0.3, -0.25) is 4.79 Å². The highest BCUT2D eigenvalue weighted by Gasteiger charge is 2.31. The first-order valence-electron chi connectivity index (χ1n) is 18.0. The average Bonchev–Trinajstić information content (AvgIpc) is 3.86. The number of amides is 1. The van der Waals surface area contributed by atoms with Crippen LogP contribution in [0.15, 0.2) is 73.1 Å². The molecule has 1 unspecified atom stereocenters. The van der Waals surface area contributed by atoms with Crippen molar-refractivity contribution < 1.29 is 19.1 Å². The van der Waals surface area contributed by atoms with E-state index in [9.17, 15) is 14.4 Å². The maximum absolute atomic E-state index is 13.3. The first-order chi connectivity index (χ1) is 24.1. The number of hydrogen-bond acceptors (Lipinski definition) is 8. The fourth-order valence-electron chi connectivity index (χ4n) is 6.92. The zero-order chi connectivity index (χ0) is 35.3. The molecule has 1 aliphatic carbocycles. The molecule has 9 heteroatoms. The largest absolute Gasteiger partial charge is 0.390 e. The SMILES string of the molecule is CCC1CCC(c2ccc(-c3cnc(-c4ccc(CC(NC(=O)c5ccc(C(C)(C)C)s5)C(=O)OC(=O)[C@@H]5CCCN5)cc4)nc3)cc2)CC1. The van der Waals surface area contributed by atoms with Crippen LogP contribution >= 0.6 is 11.3 Å². The topological polar surface area (TPSA) is 110 Å². The van der Waals surface area contributed by atoms with E-state index in [2.05, 4.69) is 72.6 Å². The predicted molar refractivity (Wildman–Crippen MR) is 198 cm³/mol. The summed E-state index contributed by atoms with van der Waals surface area (Å²) in [7, 11) is 0. The number of aromatic nitrogens is 2. The number of thiophene rings is 1. The van der Waals surface area contributed by atoms with Gasteiger partial charge in [-0.25, -0.2) is 19.6 Å². The van der Waals surface area contributed by atoms with Crippen LogP contribution in [0.1, 0.15) is 104 Å². The molecule has 2 fully saturated rings. The number of rotatable bonds is 10. The highest BCUT2D eigenvalue weighted by atomic mass is 32.1. The fraction of sp³-hybridized carbons (Fsp3) is 0.439. The van der Waals surface area contributed by atoms with Crippen molar-refractivity contribution in [2.24, 2.45) is 5.92 Å². The molecule has 2 N–H and O–H groups in total. The molecular formula is C41H48N4O4S. The molecule has 1 saturated carbocycles. The third kappa shape index (κ3) is 8.74. The lowest BCUT2D eigenvalue weighted by atomic mass is 9.78. The van der Waals surface area contributed by atoms with Crippen molar-refractivity contribution >= 4 is 29.2 Å². The van der Waals surface area contributed by atoms with Gasteiger partial charge in [-0.1, -0.05) is 82.6 Å². The Morgan fingerprint density at radius 3 is 2.16 bits per heavy atom. The number of ether oxygens (including phenoxy) is 1. The average molecular weight is 693 g/mol. The van der Waals surface area contributed by atoms with Crippen LogP contribution < -0.4 is 10.6 Å². The van der Waals surface area contributed by atoms with Crippen molar-refractivity contribution in [3.8, 4) is 22.5 Å². The Kier molecular flexibility index (Phi) is 11.2. The Hall–Kier alpha value is -4.21. The highest BCUT2D eigenvalue weighted by molar-refractivity contribution is 7.14. The summed E-state index contributed by atoms with van der Waals surface area (Å²) in [5.41, 5.74) is 5.01. The summed E-state index contributed by atoms with van der Waals surface area (Å²) in [5.74, 6) is 0.378. The number of carbonyl (C=O) groups is 3. The van der Waals surface area contributed by atoms with Crippen LogP contribution in [0.4, 0.5) is 0 Å². The number of hydrogen-bond donors (Lipinski definition) is 2. The number of esters is 2. The molecule has 262 valence electrons. The van der Waals surface area contributed by atoms with Crippen molar-refractivity contribution in [2.75, 3.05) is 6.54 Å². The summed E-state index contributed by atoms with van der Waals surface area (Å²) in [4.78, 5) is 50.1. The normalized spacial score (nSPS) is 19.9. The van der Waals surface area contributed by atoms with Crippen LogP contribution in [0.25, 0.3) is 22.5 Å². The van der Waals surface area contributed by atoms with Gasteiger partial charge in [0.25, 0.3) is 5.91 Å². The molecule has 8 nitrogen and oxygen atoms in total. The van der Waals surface area contributed by atoms with E-state index < -0.39 is 24.0 Å². The predicted octanol–water partition coefficient (Wildman–Crippen LogP) is 8.02. The minimum absolute atomic E-state index is 0.105. The molecule has 2 aromatic heterocycles. The maximum atomic E-state index is 13.3. The Morgan fingerprint density at radius 2 is 1.56 bits per heavy atom. The number of nitrogens with zero attached hydrogens (tertiary/aromatic N) is 2. The van der Waals surface area contributed by atoms with Crippen molar-refractivity contribution in [1.82, 2.24) is 20.6 Å². The standard InChI is InChI=1S/C41H48N4O4S/c1-5-26-8-12-28(13-9-26)29-16-18-30(19-17-29)32-24-43-37(44-25-32)31-14-10-27(11-15-31)23-34(40(48)49-39(47)33-7-6-22-42-33)45-38(46)35-20-21-36(50-35)41(2,3)4/h10-11,14-21,24-26,28,33-34,42H,5-9,12-13,22-23H2,1-4H3,(H,45,46)/t26?,28?,33-,34?/m0/s1. The highest BCUT2D eigenvalue weighted by Crippen LogP contribution is 2.37. The zero-order valence-electron chi connectivity index (χ0n) is 29.5. The minimum atomic E-state index is -1.05. The van der Waals surface area contributed by atoms with Gasteiger partial charge in [-0.15, -0.1) is 11.3 Å². The van der Waals surface area contributed by atoms with Crippen LogP contribution in [0.2, 0.25) is 0 Å². The molecule has 3 heterocycles. The fourth-order valence-corrected chi connectivity index (χ4v) is 7.88. The van der Waals surface area contributed by atoms with Gasteiger partial charge >= 0.3 is 11.9 Å². The second-order valence-electron chi connectivity index (χ2n) is 14.8. The molecule has 1 aliphatic heterocycles. The molecule has 0 spiro atoms. The maximum Gasteiger partial charge on any atom is 0.336 e. The van der Waals surface area contributed by atoms with E-state index in [0.717, 1.165) is 39.5 Å². The number of carbonyl (C=O) groups excluding carboxylic acids is 3. The van der Waals surface area contributed by atoms with E-state index in [0.29, 0.717) is 29.6 Å². The van der Waals surface area contributed by atoms with E-state index in [-0.39, 0.29) is 17.7 Å². The summed E-state index contributed by atoms with van der Waals surface area (Å²) < 4.78 is 5.28. The Labute approximate surface area is 299 Å². The van der Waals surface area contributed by atoms with E-state index >= 15 is 0 Å². The third-order valence-corrected chi connectivity index (χ3v) is 11.7. The second kappa shape index (κ2) is 15.8. The smallest absolute Gasteiger partial charge is 0.336 e. The van der Waals surface area contributed by atoms with Crippen molar-refractivity contribution in [1.29, 1.82) is 0 Å². The summed E-state index contributed by atoms with van der Waals surface area (Å²) >= 11 is 1.39. The van der Waals surface area contributed by atoms with Crippen LogP contribution in [0.5, 0.6) is 0 Å². The van der Waals surface area contributed by atoms with Crippen LogP contribution in [-0.2, 0) is 26.2 Å². The van der Waals surface area contributed by atoms with Crippen molar-refractivity contribution in [3.05, 3.63) is 93.9 Å². The molecular weight excluding hydrogens is 645 g/mol. The zero-order valence-corrected chi connectivity index (χ0v) is 30.4. The minimum Gasteiger partial charge on any atom is -0.390 e. The van der Waals surface area contributed by atoms with E-state index in [4.69, 9.17) is 4.74 Å². The van der Waals surface area contributed by atoms with Gasteiger partial charge in [-0.2, -0.15) is 0 Å². The van der Waals surface area contributed by atoms with Crippen LogP contribution in [-0.4, -0.2) is 46.4 Å². The first kappa shape index (κ1) is 35.6. The summed E-state index contributed by atoms with van der Waals surface area (Å²) in [5, 5.41) is 5.90. The van der Waals surface area contributed by atoms with Crippen LogP contribution in [0, 0.1) is 5.92 Å². The lowest BCUT2D eigenvalue weighted by Crippen LogP contribution is -2.45. The van der Waals surface area contributed by atoms with Gasteiger partial charge in [0.05, 0.1) is 4.88 Å². The van der Waals surface area contributed by atoms with Gasteiger partial charge in [-0.05, 0) is 91.1 Å². The molecule has 0 radical (unpaired) electrons. The van der Waals surface area contributed by atoms with Crippen molar-refractivity contribution in [3.63, 3.8) is 0 Å². The molecule has 4 aromatic rings. The number of benzene rings is 2. The lowest BCUT2D eigenvalue weighted by molar-refractivity contribution is -0.162. The van der Waals surface area contributed by atoms with Gasteiger partial charge in [0, 0.05) is 34.8 Å². The third-order valence-electron chi connectivity index (χ3n) is 10.1. The molecule has 6 rings (SSSR count). The summed E-state index contributed by atoms with van der Waals surface area (Å²) in [6, 6.07) is 18.6. The molecule has 50 heavy (non-hydrogen) atoms. The Balaban J connectivity index is 1.11. The Bertz CT molecular complexity index is 1760. The first-order valence-corrected chi connectivity index (χ1v) is 18.8. The van der Waals surface area contributed by atoms with Gasteiger partial charge in [0.15, 0.2) is 5.82 Å². The molecule has 2 atom stereocenters. The van der Waals surface area contributed by atoms with Gasteiger partial charge in [0.2, 0.25) is 0 Å². The van der Waals surface area contributed by atoms with Crippen LogP contribution in [0.3, 0.4) is 0 Å². The molecule has 1 amide bonds. The molecule has 0 bridgehead atoms. The van der Waals surface area contributed by atoms with Gasteiger partial charge in [0.1, 0.15) is 12.1 Å². The summed E-state index contributed by atoms with van der Waals surface area (Å²) in [6.07, 6.45) is 11.8. The van der Waals surface area contributed by atoms with Gasteiger partial charge < -0.3 is 15.4 Å². The quantitative estimate of drug-likeness (QED) is 0.128. The molecule has 1 saturated heterocycles. The molecule has 2 aromatic carbocycles. The van der Waals surface area contributed by atoms with Crippen molar-refractivity contribution in [2.45, 2.75) is 102 Å². The lowest BCUT2D eigenvalue weighted by Gasteiger charge is -2.28. The molecule has 2 aliphatic rings. The van der Waals surface area contributed by atoms with E-state index in [1.54, 1.807) is 6.07 Å². The Morgan fingerprint density at radius 1 is 0.880 bits per heavy atom. The monoisotopic (exact) mass is 692 g/mol. The summed E-state index contributed by atoms with van der Waals surface area (Å²) in [6.45, 7) is 9.27. The second-order valence-corrected chi connectivity index (χ2v) is 15.9.